The first-order valence-corrected chi connectivity index (χ1v) is 10.5. The van der Waals surface area contributed by atoms with Crippen molar-refractivity contribution in [2.75, 3.05) is 12.8 Å². The van der Waals surface area contributed by atoms with E-state index in [0.717, 1.165) is 24.2 Å². The summed E-state index contributed by atoms with van der Waals surface area (Å²) in [5.74, 6) is 2.96. The zero-order chi connectivity index (χ0) is 15.3. The van der Waals surface area contributed by atoms with E-state index >= 15 is 0 Å². The molecule has 0 aromatic heterocycles. The summed E-state index contributed by atoms with van der Waals surface area (Å²) in [7, 11) is -1.01. The highest BCUT2D eigenvalue weighted by atomic mass is 32.2. The van der Waals surface area contributed by atoms with Crippen molar-refractivity contribution in [2.24, 2.45) is 23.2 Å². The Morgan fingerprint density at radius 3 is 1.95 bits per heavy atom. The highest BCUT2D eigenvalue weighted by Gasteiger charge is 2.54. The average molecular weight is 314 g/mol. The Bertz CT molecular complexity index is 450. The standard InChI is InChI=1S/C17H31NO2S/c1-4-12(2)21(19,20)11-16(18-3)17-8-13-5-14(9-17)7-15(6-13)10-17/h12-16,18H,4-11H2,1-3H3. The van der Waals surface area contributed by atoms with Crippen LogP contribution in [0, 0.1) is 23.2 Å². The van der Waals surface area contributed by atoms with Crippen LogP contribution >= 0.6 is 0 Å². The van der Waals surface area contributed by atoms with Gasteiger partial charge in [-0.3, -0.25) is 0 Å². The Hall–Kier alpha value is -0.0900. The Morgan fingerprint density at radius 2 is 1.57 bits per heavy atom. The van der Waals surface area contributed by atoms with E-state index in [2.05, 4.69) is 5.32 Å². The number of hydrogen-bond acceptors (Lipinski definition) is 3. The number of nitrogens with one attached hydrogen (secondary N) is 1. The minimum Gasteiger partial charge on any atom is -0.315 e. The SMILES string of the molecule is CCC(C)S(=O)(=O)CC(NC)C12CC3CC(CC(C3)C1)C2. The van der Waals surface area contributed by atoms with E-state index in [9.17, 15) is 8.42 Å². The molecule has 3 nitrogen and oxygen atoms in total. The van der Waals surface area contributed by atoms with Gasteiger partial charge in [-0.15, -0.1) is 0 Å². The van der Waals surface area contributed by atoms with Crippen LogP contribution in [0.2, 0.25) is 0 Å². The molecular weight excluding hydrogens is 282 g/mol. The first kappa shape index (κ1) is 15.8. The summed E-state index contributed by atoms with van der Waals surface area (Å²) in [6.07, 6.45) is 8.75. The van der Waals surface area contributed by atoms with Gasteiger partial charge in [0.15, 0.2) is 9.84 Å². The summed E-state index contributed by atoms with van der Waals surface area (Å²) in [5.41, 5.74) is 0.268. The summed E-state index contributed by atoms with van der Waals surface area (Å²) >= 11 is 0. The molecule has 21 heavy (non-hydrogen) atoms. The lowest BCUT2D eigenvalue weighted by molar-refractivity contribution is -0.0685. The van der Waals surface area contributed by atoms with Crippen molar-refractivity contribution in [1.82, 2.24) is 5.32 Å². The smallest absolute Gasteiger partial charge is 0.154 e. The third-order valence-corrected chi connectivity index (χ3v) is 9.12. The van der Waals surface area contributed by atoms with E-state index in [0.29, 0.717) is 5.75 Å². The molecule has 2 unspecified atom stereocenters. The third kappa shape index (κ3) is 2.78. The van der Waals surface area contributed by atoms with Crippen LogP contribution < -0.4 is 5.32 Å². The fourth-order valence-corrected chi connectivity index (χ4v) is 7.64. The van der Waals surface area contributed by atoms with Crippen LogP contribution in [0.4, 0.5) is 0 Å². The first-order chi connectivity index (χ1) is 9.88. The van der Waals surface area contributed by atoms with Gasteiger partial charge < -0.3 is 5.32 Å². The lowest BCUT2D eigenvalue weighted by atomic mass is 9.48. The quantitative estimate of drug-likeness (QED) is 0.820. The molecule has 4 rings (SSSR count). The second kappa shape index (κ2) is 5.52. The molecule has 0 spiro atoms. The molecule has 0 aliphatic heterocycles. The molecule has 0 saturated heterocycles. The van der Waals surface area contributed by atoms with Crippen LogP contribution in [-0.4, -0.2) is 32.5 Å². The Kier molecular flexibility index (Phi) is 4.15. The summed E-state index contributed by atoms with van der Waals surface area (Å²) in [5, 5.41) is 3.21. The topological polar surface area (TPSA) is 46.2 Å². The molecule has 4 aliphatic carbocycles. The van der Waals surface area contributed by atoms with E-state index in [1.54, 1.807) is 0 Å². The van der Waals surface area contributed by atoms with Gasteiger partial charge in [0.05, 0.1) is 11.0 Å². The molecule has 0 aromatic carbocycles. The summed E-state index contributed by atoms with van der Waals surface area (Å²) < 4.78 is 25.2. The van der Waals surface area contributed by atoms with E-state index in [-0.39, 0.29) is 16.7 Å². The van der Waals surface area contributed by atoms with Crippen molar-refractivity contribution in [2.45, 2.75) is 70.1 Å². The minimum absolute atomic E-state index is 0.157. The molecule has 0 aromatic rings. The van der Waals surface area contributed by atoms with Crippen LogP contribution in [0.25, 0.3) is 0 Å². The lowest BCUT2D eigenvalue weighted by Crippen LogP contribution is -2.57. The predicted molar refractivity (Wildman–Crippen MR) is 87.0 cm³/mol. The first-order valence-electron chi connectivity index (χ1n) is 8.77. The summed E-state index contributed by atoms with van der Waals surface area (Å²) in [6, 6.07) is 0.157. The Labute approximate surface area is 130 Å². The van der Waals surface area contributed by atoms with Gasteiger partial charge in [0, 0.05) is 6.04 Å². The van der Waals surface area contributed by atoms with E-state index in [1.807, 2.05) is 20.9 Å². The third-order valence-electron chi connectivity index (χ3n) is 6.76. The summed E-state index contributed by atoms with van der Waals surface area (Å²) in [6.45, 7) is 3.84. The molecule has 2 atom stereocenters. The van der Waals surface area contributed by atoms with Gasteiger partial charge in [-0.2, -0.15) is 0 Å². The summed E-state index contributed by atoms with van der Waals surface area (Å²) in [4.78, 5) is 0. The van der Waals surface area contributed by atoms with Crippen LogP contribution in [0.3, 0.4) is 0 Å². The molecule has 4 aliphatic rings. The Morgan fingerprint density at radius 1 is 1.10 bits per heavy atom. The van der Waals surface area contributed by atoms with Crippen LogP contribution in [0.1, 0.15) is 58.8 Å². The average Bonchev–Trinajstić information content (AvgIpc) is 2.42. The number of sulfone groups is 1. The monoisotopic (exact) mass is 313 g/mol. The molecule has 4 heteroatoms. The Balaban J connectivity index is 1.80. The predicted octanol–water partition coefficient (Wildman–Crippen LogP) is 3.00. The van der Waals surface area contributed by atoms with Crippen LogP contribution in [-0.2, 0) is 9.84 Å². The molecular formula is C17H31NO2S. The van der Waals surface area contributed by atoms with E-state index < -0.39 is 9.84 Å². The van der Waals surface area contributed by atoms with Crippen molar-refractivity contribution in [3.05, 3.63) is 0 Å². The van der Waals surface area contributed by atoms with Gasteiger partial charge >= 0.3 is 0 Å². The fraction of sp³-hybridized carbons (Fsp3) is 1.00. The molecule has 122 valence electrons. The maximum atomic E-state index is 12.6. The molecule has 0 radical (unpaired) electrons. The number of rotatable bonds is 6. The van der Waals surface area contributed by atoms with Crippen molar-refractivity contribution < 1.29 is 8.42 Å². The van der Waals surface area contributed by atoms with Gasteiger partial charge in [0.1, 0.15) is 0 Å². The van der Waals surface area contributed by atoms with Gasteiger partial charge in [-0.05, 0) is 82.1 Å². The van der Waals surface area contributed by atoms with Crippen molar-refractivity contribution in [3.63, 3.8) is 0 Å². The molecule has 4 fully saturated rings. The molecule has 0 amide bonds. The van der Waals surface area contributed by atoms with Crippen molar-refractivity contribution in [1.29, 1.82) is 0 Å². The van der Waals surface area contributed by atoms with Gasteiger partial charge in [-0.25, -0.2) is 8.42 Å². The highest BCUT2D eigenvalue weighted by Crippen LogP contribution is 2.61. The molecule has 4 bridgehead atoms. The van der Waals surface area contributed by atoms with Crippen molar-refractivity contribution >= 4 is 9.84 Å². The number of hydrogen-bond donors (Lipinski definition) is 1. The van der Waals surface area contributed by atoms with Gasteiger partial charge in [0.2, 0.25) is 0 Å². The fourth-order valence-electron chi connectivity index (χ4n) is 5.82. The second-order valence-corrected chi connectivity index (χ2v) is 10.6. The van der Waals surface area contributed by atoms with E-state index in [1.165, 1.54) is 38.5 Å². The van der Waals surface area contributed by atoms with Gasteiger partial charge in [0.25, 0.3) is 0 Å². The molecule has 4 saturated carbocycles. The minimum atomic E-state index is -2.98. The van der Waals surface area contributed by atoms with Gasteiger partial charge in [-0.1, -0.05) is 6.92 Å². The zero-order valence-corrected chi connectivity index (χ0v) is 14.6. The lowest BCUT2D eigenvalue weighted by Gasteiger charge is -2.59. The highest BCUT2D eigenvalue weighted by molar-refractivity contribution is 7.92. The largest absolute Gasteiger partial charge is 0.315 e. The van der Waals surface area contributed by atoms with Crippen molar-refractivity contribution in [3.8, 4) is 0 Å². The molecule has 0 heterocycles. The zero-order valence-electron chi connectivity index (χ0n) is 13.8. The van der Waals surface area contributed by atoms with Crippen LogP contribution in [0.5, 0.6) is 0 Å². The van der Waals surface area contributed by atoms with E-state index in [4.69, 9.17) is 0 Å². The van der Waals surface area contributed by atoms with Crippen LogP contribution in [0.15, 0.2) is 0 Å². The molecule has 1 N–H and O–H groups in total. The maximum Gasteiger partial charge on any atom is 0.154 e. The second-order valence-electron chi connectivity index (χ2n) is 8.17. The maximum absolute atomic E-state index is 12.6. The normalized spacial score (nSPS) is 41.2.